The monoisotopic (exact) mass is 277 g/mol. The van der Waals surface area contributed by atoms with E-state index in [1.165, 1.54) is 11.1 Å². The molecule has 2 atom stereocenters. The molecule has 1 aromatic carbocycles. The third-order valence-electron chi connectivity index (χ3n) is 3.74. The quantitative estimate of drug-likeness (QED) is 0.799. The third kappa shape index (κ3) is 4.62. The van der Waals surface area contributed by atoms with Crippen molar-refractivity contribution < 1.29 is 4.79 Å². The fourth-order valence-corrected chi connectivity index (χ4v) is 2.36. The fraction of sp³-hybridized carbons (Fsp3) is 0.562. The molecule has 0 fully saturated rings. The van der Waals surface area contributed by atoms with Gasteiger partial charge in [-0.1, -0.05) is 36.8 Å². The van der Waals surface area contributed by atoms with Crippen molar-refractivity contribution in [3.05, 3.63) is 35.4 Å². The summed E-state index contributed by atoms with van der Waals surface area (Å²) < 4.78 is 0. The summed E-state index contributed by atoms with van der Waals surface area (Å²) in [5.41, 5.74) is 8.74. The Kier molecular flexibility index (Phi) is 6.68. The minimum absolute atomic E-state index is 0.0598. The molecule has 4 nitrogen and oxygen atoms in total. The molecule has 0 saturated heterocycles. The van der Waals surface area contributed by atoms with Crippen LogP contribution in [-0.2, 0) is 4.79 Å². The van der Waals surface area contributed by atoms with E-state index in [1.54, 1.807) is 7.05 Å². The lowest BCUT2D eigenvalue weighted by Crippen LogP contribution is -2.40. The van der Waals surface area contributed by atoms with Crippen LogP contribution in [0.2, 0.25) is 0 Å². The third-order valence-corrected chi connectivity index (χ3v) is 3.74. The first kappa shape index (κ1) is 16.7. The molecule has 1 amide bonds. The Morgan fingerprint density at radius 2 is 1.95 bits per heavy atom. The first-order valence-electron chi connectivity index (χ1n) is 7.22. The highest BCUT2D eigenvalue weighted by Gasteiger charge is 2.23. The number of aryl methyl sites for hydroxylation is 1. The van der Waals surface area contributed by atoms with E-state index in [9.17, 15) is 4.79 Å². The summed E-state index contributed by atoms with van der Waals surface area (Å²) in [6, 6.07) is 8.68. The highest BCUT2D eigenvalue weighted by atomic mass is 16.1. The molecule has 20 heavy (non-hydrogen) atoms. The minimum atomic E-state index is 0.0598. The Morgan fingerprint density at radius 3 is 2.45 bits per heavy atom. The molecule has 2 unspecified atom stereocenters. The number of benzene rings is 1. The molecule has 0 saturated carbocycles. The van der Waals surface area contributed by atoms with Gasteiger partial charge in [-0.15, -0.1) is 0 Å². The van der Waals surface area contributed by atoms with Gasteiger partial charge in [-0.05, 0) is 26.0 Å². The second kappa shape index (κ2) is 8.02. The highest BCUT2D eigenvalue weighted by Crippen LogP contribution is 2.24. The number of hydrogen-bond donors (Lipinski definition) is 2. The van der Waals surface area contributed by atoms with Crippen molar-refractivity contribution in [1.29, 1.82) is 0 Å². The summed E-state index contributed by atoms with van der Waals surface area (Å²) in [7, 11) is 3.69. The van der Waals surface area contributed by atoms with Crippen molar-refractivity contribution in [2.24, 2.45) is 5.73 Å². The summed E-state index contributed by atoms with van der Waals surface area (Å²) in [6.45, 7) is 4.87. The van der Waals surface area contributed by atoms with E-state index < -0.39 is 0 Å². The zero-order valence-corrected chi connectivity index (χ0v) is 13.0. The van der Waals surface area contributed by atoms with Gasteiger partial charge in [-0.2, -0.15) is 0 Å². The molecular formula is C16H27N3O. The van der Waals surface area contributed by atoms with Crippen molar-refractivity contribution in [3.63, 3.8) is 0 Å². The molecule has 0 spiro atoms. The zero-order valence-electron chi connectivity index (χ0n) is 13.0. The van der Waals surface area contributed by atoms with Crippen LogP contribution in [0.15, 0.2) is 24.3 Å². The van der Waals surface area contributed by atoms with E-state index in [2.05, 4.69) is 48.3 Å². The first-order chi connectivity index (χ1) is 9.49. The van der Waals surface area contributed by atoms with Crippen LogP contribution < -0.4 is 11.1 Å². The molecule has 4 heteroatoms. The maximum atomic E-state index is 11.4. The first-order valence-corrected chi connectivity index (χ1v) is 7.22. The van der Waals surface area contributed by atoms with E-state index in [-0.39, 0.29) is 18.0 Å². The van der Waals surface area contributed by atoms with Crippen LogP contribution in [0.25, 0.3) is 0 Å². The van der Waals surface area contributed by atoms with Crippen molar-refractivity contribution in [2.45, 2.75) is 38.8 Å². The van der Waals surface area contributed by atoms with Crippen molar-refractivity contribution in [3.8, 4) is 0 Å². The van der Waals surface area contributed by atoms with E-state index in [0.717, 1.165) is 6.42 Å². The maximum Gasteiger partial charge on any atom is 0.221 e. The van der Waals surface area contributed by atoms with Crippen molar-refractivity contribution in [1.82, 2.24) is 10.2 Å². The molecule has 0 aliphatic carbocycles. The zero-order chi connectivity index (χ0) is 15.1. The molecule has 3 N–H and O–H groups in total. The van der Waals surface area contributed by atoms with Crippen LogP contribution >= 0.6 is 0 Å². The van der Waals surface area contributed by atoms with Crippen LogP contribution in [0.5, 0.6) is 0 Å². The summed E-state index contributed by atoms with van der Waals surface area (Å²) in [6.07, 6.45) is 1.40. The van der Waals surface area contributed by atoms with Gasteiger partial charge in [0.25, 0.3) is 0 Å². The number of nitrogens with two attached hydrogens (primary N) is 1. The Hall–Kier alpha value is -1.39. The molecule has 0 heterocycles. The number of likely N-dealkylation sites (N-methyl/N-ethyl adjacent to an activating group) is 1. The smallest absolute Gasteiger partial charge is 0.221 e. The Bertz CT molecular complexity index is 416. The molecule has 1 rings (SSSR count). The Labute approximate surface area is 122 Å². The number of rotatable bonds is 7. The average Bonchev–Trinajstić information content (AvgIpc) is 2.46. The van der Waals surface area contributed by atoms with Gasteiger partial charge < -0.3 is 11.1 Å². The van der Waals surface area contributed by atoms with Gasteiger partial charge in [0.2, 0.25) is 5.91 Å². The van der Waals surface area contributed by atoms with Gasteiger partial charge in [0, 0.05) is 32.1 Å². The minimum Gasteiger partial charge on any atom is -0.359 e. The lowest BCUT2D eigenvalue weighted by molar-refractivity contribution is -0.121. The largest absolute Gasteiger partial charge is 0.359 e. The number of nitrogens with zero attached hydrogens (tertiary/aromatic N) is 1. The topological polar surface area (TPSA) is 58.4 Å². The number of hydrogen-bond acceptors (Lipinski definition) is 3. The molecule has 0 aliphatic heterocycles. The lowest BCUT2D eigenvalue weighted by Gasteiger charge is -2.32. The second-order valence-electron chi connectivity index (χ2n) is 5.33. The molecule has 1 aromatic rings. The SMILES string of the molecule is CCC(N)C(c1ccc(C)cc1)N(C)CCC(=O)NC. The molecule has 112 valence electrons. The van der Waals surface area contributed by atoms with E-state index in [0.29, 0.717) is 13.0 Å². The molecule has 0 radical (unpaired) electrons. The van der Waals surface area contributed by atoms with Crippen LogP contribution in [0.3, 0.4) is 0 Å². The molecule has 0 aliphatic rings. The second-order valence-corrected chi connectivity index (χ2v) is 5.33. The van der Waals surface area contributed by atoms with Gasteiger partial charge in [0.15, 0.2) is 0 Å². The average molecular weight is 277 g/mol. The highest BCUT2D eigenvalue weighted by molar-refractivity contribution is 5.75. The standard InChI is InChI=1S/C16H27N3O/c1-5-14(17)16(13-8-6-12(2)7-9-13)19(4)11-10-15(20)18-3/h6-9,14,16H,5,10-11,17H2,1-4H3,(H,18,20). The van der Waals surface area contributed by atoms with Crippen LogP contribution in [0.1, 0.15) is 36.9 Å². The summed E-state index contributed by atoms with van der Waals surface area (Å²) in [5, 5.41) is 2.65. The van der Waals surface area contributed by atoms with E-state index in [4.69, 9.17) is 5.73 Å². The van der Waals surface area contributed by atoms with Crippen molar-refractivity contribution in [2.75, 3.05) is 20.6 Å². The molecular weight excluding hydrogens is 250 g/mol. The predicted octanol–water partition coefficient (Wildman–Crippen LogP) is 1.84. The normalized spacial score (nSPS) is 14.1. The fourth-order valence-electron chi connectivity index (χ4n) is 2.36. The lowest BCUT2D eigenvalue weighted by atomic mass is 9.96. The van der Waals surface area contributed by atoms with Crippen LogP contribution in [0, 0.1) is 6.92 Å². The Balaban J connectivity index is 2.83. The van der Waals surface area contributed by atoms with Gasteiger partial charge in [0.05, 0.1) is 0 Å². The summed E-state index contributed by atoms with van der Waals surface area (Å²) in [5.74, 6) is 0.0598. The number of carbonyl (C=O) groups excluding carboxylic acids is 1. The maximum absolute atomic E-state index is 11.4. The van der Waals surface area contributed by atoms with Gasteiger partial charge >= 0.3 is 0 Å². The molecule has 0 aromatic heterocycles. The van der Waals surface area contributed by atoms with Crippen LogP contribution in [-0.4, -0.2) is 37.5 Å². The van der Waals surface area contributed by atoms with Crippen molar-refractivity contribution >= 4 is 5.91 Å². The number of nitrogens with one attached hydrogen (secondary N) is 1. The van der Waals surface area contributed by atoms with E-state index in [1.807, 2.05) is 7.05 Å². The Morgan fingerprint density at radius 1 is 1.35 bits per heavy atom. The van der Waals surface area contributed by atoms with Crippen LogP contribution in [0.4, 0.5) is 0 Å². The van der Waals surface area contributed by atoms with Gasteiger partial charge in [-0.25, -0.2) is 0 Å². The summed E-state index contributed by atoms with van der Waals surface area (Å²) >= 11 is 0. The van der Waals surface area contributed by atoms with E-state index >= 15 is 0 Å². The van der Waals surface area contributed by atoms with Gasteiger partial charge in [0.1, 0.15) is 0 Å². The summed E-state index contributed by atoms with van der Waals surface area (Å²) in [4.78, 5) is 13.6. The number of amides is 1. The number of carbonyl (C=O) groups is 1. The predicted molar refractivity (Wildman–Crippen MR) is 83.5 cm³/mol. The van der Waals surface area contributed by atoms with Gasteiger partial charge in [-0.3, -0.25) is 9.69 Å². The molecule has 0 bridgehead atoms.